The first-order valence-electron chi connectivity index (χ1n) is 8.77. The van der Waals surface area contributed by atoms with Crippen molar-refractivity contribution < 1.29 is 9.18 Å². The maximum absolute atomic E-state index is 13.3. The fourth-order valence-corrected chi connectivity index (χ4v) is 4.14. The standard InChI is InChI=1S/C20H20FN3OS/c1-23(12-14-10-11-26-13-14)20(25)19-17-4-2-3-5-18(17)24(22-19)16-8-6-15(21)7-9-16/h6-11,13H,2-5,12H2,1H3. The topological polar surface area (TPSA) is 38.1 Å². The Morgan fingerprint density at radius 2 is 2.00 bits per heavy atom. The summed E-state index contributed by atoms with van der Waals surface area (Å²) in [5, 5.41) is 8.71. The number of hydrogen-bond acceptors (Lipinski definition) is 3. The Labute approximate surface area is 155 Å². The van der Waals surface area contributed by atoms with E-state index in [4.69, 9.17) is 0 Å². The third-order valence-corrected chi connectivity index (χ3v) is 5.53. The number of rotatable bonds is 4. The van der Waals surface area contributed by atoms with Crippen LogP contribution >= 0.6 is 11.3 Å². The highest BCUT2D eigenvalue weighted by molar-refractivity contribution is 7.07. The third-order valence-electron chi connectivity index (χ3n) is 4.80. The van der Waals surface area contributed by atoms with Crippen molar-refractivity contribution >= 4 is 17.2 Å². The summed E-state index contributed by atoms with van der Waals surface area (Å²) in [6.07, 6.45) is 3.90. The fourth-order valence-electron chi connectivity index (χ4n) is 3.48. The molecular formula is C20H20FN3OS. The molecule has 0 saturated carbocycles. The number of aromatic nitrogens is 2. The minimum absolute atomic E-state index is 0.0600. The molecule has 1 aliphatic carbocycles. The summed E-state index contributed by atoms with van der Waals surface area (Å²) in [6, 6.07) is 8.30. The van der Waals surface area contributed by atoms with E-state index in [1.54, 1.807) is 28.4 Å². The van der Waals surface area contributed by atoms with Crippen LogP contribution in [0.2, 0.25) is 0 Å². The van der Waals surface area contributed by atoms with E-state index < -0.39 is 0 Å². The summed E-state index contributed by atoms with van der Waals surface area (Å²) < 4.78 is 15.1. The summed E-state index contributed by atoms with van der Waals surface area (Å²) in [4.78, 5) is 14.8. The second kappa shape index (κ2) is 7.03. The average molecular weight is 369 g/mol. The second-order valence-corrected chi connectivity index (χ2v) is 7.44. The van der Waals surface area contributed by atoms with E-state index in [9.17, 15) is 9.18 Å². The molecule has 0 unspecified atom stereocenters. The van der Waals surface area contributed by atoms with Crippen molar-refractivity contribution in [1.82, 2.24) is 14.7 Å². The van der Waals surface area contributed by atoms with Gasteiger partial charge in [0.2, 0.25) is 0 Å². The van der Waals surface area contributed by atoms with Gasteiger partial charge in [-0.3, -0.25) is 4.79 Å². The molecule has 0 fully saturated rings. The lowest BCUT2D eigenvalue weighted by atomic mass is 9.95. The molecule has 0 radical (unpaired) electrons. The van der Waals surface area contributed by atoms with Crippen LogP contribution < -0.4 is 0 Å². The largest absolute Gasteiger partial charge is 0.336 e. The van der Waals surface area contributed by atoms with Crippen LogP contribution in [0.25, 0.3) is 5.69 Å². The predicted octanol–water partition coefficient (Wildman–Crippen LogP) is 4.22. The second-order valence-electron chi connectivity index (χ2n) is 6.66. The molecule has 4 rings (SSSR count). The Bertz CT molecular complexity index is 915. The van der Waals surface area contributed by atoms with Crippen molar-refractivity contribution in [3.63, 3.8) is 0 Å². The van der Waals surface area contributed by atoms with Crippen LogP contribution in [0, 0.1) is 5.82 Å². The van der Waals surface area contributed by atoms with Gasteiger partial charge in [0.05, 0.1) is 5.69 Å². The molecule has 2 aromatic heterocycles. The molecule has 1 amide bonds. The van der Waals surface area contributed by atoms with E-state index in [0.717, 1.165) is 48.2 Å². The summed E-state index contributed by atoms with van der Waals surface area (Å²) in [5.74, 6) is -0.336. The number of hydrogen-bond donors (Lipinski definition) is 0. The van der Waals surface area contributed by atoms with E-state index in [2.05, 4.69) is 10.5 Å². The molecule has 2 heterocycles. The number of halogens is 1. The normalized spacial score (nSPS) is 13.5. The van der Waals surface area contributed by atoms with Gasteiger partial charge in [-0.25, -0.2) is 9.07 Å². The smallest absolute Gasteiger partial charge is 0.274 e. The quantitative estimate of drug-likeness (QED) is 0.690. The molecule has 1 aromatic carbocycles. The maximum atomic E-state index is 13.3. The Morgan fingerprint density at radius 1 is 1.23 bits per heavy atom. The summed E-state index contributed by atoms with van der Waals surface area (Å²) in [7, 11) is 1.81. The van der Waals surface area contributed by atoms with Crippen molar-refractivity contribution in [2.24, 2.45) is 0 Å². The zero-order chi connectivity index (χ0) is 18.1. The van der Waals surface area contributed by atoms with Crippen molar-refractivity contribution in [1.29, 1.82) is 0 Å². The number of nitrogens with zero attached hydrogens (tertiary/aromatic N) is 3. The first-order valence-corrected chi connectivity index (χ1v) is 9.71. The predicted molar refractivity (Wildman–Crippen MR) is 100 cm³/mol. The fraction of sp³-hybridized carbons (Fsp3) is 0.300. The molecule has 4 nitrogen and oxygen atoms in total. The Kier molecular flexibility index (Phi) is 4.59. The lowest BCUT2D eigenvalue weighted by molar-refractivity contribution is 0.0777. The number of fused-ring (bicyclic) bond motifs is 1. The molecule has 0 N–H and O–H groups in total. The maximum Gasteiger partial charge on any atom is 0.274 e. The van der Waals surface area contributed by atoms with Crippen molar-refractivity contribution in [3.8, 4) is 5.69 Å². The number of thiophene rings is 1. The van der Waals surface area contributed by atoms with Gasteiger partial charge in [-0.05, 0) is 72.3 Å². The number of carbonyl (C=O) groups is 1. The van der Waals surface area contributed by atoms with Gasteiger partial charge in [0.1, 0.15) is 5.82 Å². The van der Waals surface area contributed by atoms with Gasteiger partial charge in [0.25, 0.3) is 5.91 Å². The van der Waals surface area contributed by atoms with Gasteiger partial charge >= 0.3 is 0 Å². The summed E-state index contributed by atoms with van der Waals surface area (Å²) in [5.41, 5.74) is 4.57. The third kappa shape index (κ3) is 3.17. The van der Waals surface area contributed by atoms with Gasteiger partial charge in [-0.1, -0.05) is 0 Å². The molecule has 1 aliphatic rings. The summed E-state index contributed by atoms with van der Waals surface area (Å²) >= 11 is 1.63. The van der Waals surface area contributed by atoms with Crippen molar-refractivity contribution in [2.45, 2.75) is 32.2 Å². The van der Waals surface area contributed by atoms with Crippen molar-refractivity contribution in [3.05, 3.63) is 69.4 Å². The lowest BCUT2D eigenvalue weighted by Crippen LogP contribution is -2.27. The van der Waals surface area contributed by atoms with Gasteiger partial charge in [0.15, 0.2) is 5.69 Å². The minimum Gasteiger partial charge on any atom is -0.336 e. The molecule has 26 heavy (non-hydrogen) atoms. The number of carbonyl (C=O) groups excluding carboxylic acids is 1. The van der Waals surface area contributed by atoms with Gasteiger partial charge in [-0.15, -0.1) is 0 Å². The molecule has 6 heteroatoms. The highest BCUT2D eigenvalue weighted by atomic mass is 32.1. The molecule has 134 valence electrons. The highest BCUT2D eigenvalue weighted by Crippen LogP contribution is 2.28. The van der Waals surface area contributed by atoms with E-state index in [1.807, 2.05) is 23.2 Å². The van der Waals surface area contributed by atoms with Gasteiger partial charge < -0.3 is 4.90 Å². The lowest BCUT2D eigenvalue weighted by Gasteiger charge is -2.17. The van der Waals surface area contributed by atoms with E-state index in [0.29, 0.717) is 12.2 Å². The zero-order valence-corrected chi connectivity index (χ0v) is 15.4. The van der Waals surface area contributed by atoms with E-state index >= 15 is 0 Å². The van der Waals surface area contributed by atoms with E-state index in [-0.39, 0.29) is 11.7 Å². The molecule has 3 aromatic rings. The van der Waals surface area contributed by atoms with Crippen LogP contribution in [0.4, 0.5) is 4.39 Å². The van der Waals surface area contributed by atoms with Crippen molar-refractivity contribution in [2.75, 3.05) is 7.05 Å². The molecule has 0 aliphatic heterocycles. The molecule has 0 spiro atoms. The van der Waals surface area contributed by atoms with Crippen LogP contribution in [-0.2, 0) is 19.4 Å². The Morgan fingerprint density at radius 3 is 2.73 bits per heavy atom. The summed E-state index contributed by atoms with van der Waals surface area (Å²) in [6.45, 7) is 0.570. The molecular weight excluding hydrogens is 349 g/mol. The first-order chi connectivity index (χ1) is 12.6. The minimum atomic E-state index is -0.276. The highest BCUT2D eigenvalue weighted by Gasteiger charge is 2.27. The molecule has 0 bridgehead atoms. The molecule has 0 saturated heterocycles. The van der Waals surface area contributed by atoms with Crippen LogP contribution in [0.5, 0.6) is 0 Å². The Hall–Kier alpha value is -2.47. The number of amides is 1. The van der Waals surface area contributed by atoms with Crippen LogP contribution in [0.3, 0.4) is 0 Å². The SMILES string of the molecule is CN(Cc1ccsc1)C(=O)c1nn(-c2ccc(F)cc2)c2c1CCCC2. The Balaban J connectivity index is 1.69. The first kappa shape index (κ1) is 17.0. The monoisotopic (exact) mass is 369 g/mol. The van der Waals surface area contributed by atoms with E-state index in [1.165, 1.54) is 12.1 Å². The molecule has 0 atom stereocenters. The average Bonchev–Trinajstić information content (AvgIpc) is 3.29. The van der Waals surface area contributed by atoms with Gasteiger partial charge in [-0.2, -0.15) is 16.4 Å². The number of benzene rings is 1. The van der Waals surface area contributed by atoms with Gasteiger partial charge in [0, 0.05) is 24.8 Å². The van der Waals surface area contributed by atoms with Crippen LogP contribution in [0.1, 0.15) is 40.2 Å². The van der Waals surface area contributed by atoms with Crippen LogP contribution in [0.15, 0.2) is 41.1 Å². The van der Waals surface area contributed by atoms with Crippen LogP contribution in [-0.4, -0.2) is 27.6 Å². The zero-order valence-electron chi connectivity index (χ0n) is 14.6.